The van der Waals surface area contributed by atoms with Crippen LogP contribution in [0, 0.1) is 6.92 Å². The van der Waals surface area contributed by atoms with E-state index >= 15 is 0 Å². The Morgan fingerprint density at radius 3 is 2.43 bits per heavy atom. The predicted octanol–water partition coefficient (Wildman–Crippen LogP) is 1.41. The van der Waals surface area contributed by atoms with E-state index in [1.54, 1.807) is 18.2 Å². The summed E-state index contributed by atoms with van der Waals surface area (Å²) >= 11 is 0. The first-order valence-corrected chi connectivity index (χ1v) is 9.58. The molecule has 0 aromatic heterocycles. The number of urea groups is 1. The van der Waals surface area contributed by atoms with Gasteiger partial charge in [-0.2, -0.15) is 0 Å². The van der Waals surface area contributed by atoms with Gasteiger partial charge in [-0.3, -0.25) is 14.8 Å². The Morgan fingerprint density at radius 1 is 1.04 bits per heavy atom. The minimum atomic E-state index is -3.93. The fourth-order valence-electron chi connectivity index (χ4n) is 2.15. The van der Waals surface area contributed by atoms with Crippen molar-refractivity contribution in [3.63, 3.8) is 0 Å². The fraction of sp³-hybridized carbons (Fsp3) is 0.167. The Labute approximate surface area is 162 Å². The number of hydrogen-bond donors (Lipinski definition) is 3. The van der Waals surface area contributed by atoms with Gasteiger partial charge >= 0.3 is 12.0 Å². The van der Waals surface area contributed by atoms with E-state index in [9.17, 15) is 22.8 Å². The summed E-state index contributed by atoms with van der Waals surface area (Å²) in [7, 11) is -2.60. The van der Waals surface area contributed by atoms with E-state index in [2.05, 4.69) is 10.0 Å². The van der Waals surface area contributed by atoms with E-state index in [0.717, 1.165) is 11.6 Å². The van der Waals surface area contributed by atoms with Crippen molar-refractivity contribution in [1.82, 2.24) is 10.6 Å². The van der Waals surface area contributed by atoms with Crippen molar-refractivity contribution < 1.29 is 27.5 Å². The fourth-order valence-corrected chi connectivity index (χ4v) is 3.25. The van der Waals surface area contributed by atoms with Gasteiger partial charge < -0.3 is 10.1 Å². The van der Waals surface area contributed by atoms with Gasteiger partial charge in [-0.05, 0) is 42.8 Å². The van der Waals surface area contributed by atoms with Gasteiger partial charge in [-0.25, -0.2) is 18.0 Å². The number of ether oxygens (including phenoxy) is 1. The number of rotatable bonds is 6. The van der Waals surface area contributed by atoms with Crippen molar-refractivity contribution in [1.29, 1.82) is 0 Å². The lowest BCUT2D eigenvalue weighted by atomic mass is 10.2. The molecule has 0 fully saturated rings. The number of esters is 1. The molecule has 0 bridgehead atoms. The molecule has 0 saturated heterocycles. The zero-order valence-corrected chi connectivity index (χ0v) is 16.0. The summed E-state index contributed by atoms with van der Waals surface area (Å²) < 4.78 is 32.3. The van der Waals surface area contributed by atoms with Crippen molar-refractivity contribution >= 4 is 33.6 Å². The number of carbonyl (C=O) groups is 3. The highest BCUT2D eigenvalue weighted by molar-refractivity contribution is 7.92. The average molecular weight is 405 g/mol. The van der Waals surface area contributed by atoms with Crippen LogP contribution in [0.5, 0.6) is 0 Å². The van der Waals surface area contributed by atoms with Crippen LogP contribution in [0.1, 0.15) is 15.9 Å². The molecule has 0 aliphatic heterocycles. The molecule has 3 N–H and O–H groups in total. The first-order valence-electron chi connectivity index (χ1n) is 8.09. The lowest BCUT2D eigenvalue weighted by molar-refractivity contribution is -0.123. The zero-order chi connectivity index (χ0) is 20.7. The molecule has 0 saturated carbocycles. The number of carbonyl (C=O) groups excluding carboxylic acids is 3. The number of sulfonamides is 1. The normalized spacial score (nSPS) is 10.6. The first kappa shape index (κ1) is 20.9. The molecule has 3 amide bonds. The number of amides is 3. The number of benzene rings is 2. The summed E-state index contributed by atoms with van der Waals surface area (Å²) in [6.45, 7) is 1.14. The molecule has 0 aliphatic rings. The predicted molar refractivity (Wildman–Crippen MR) is 101 cm³/mol. The molecule has 0 aliphatic carbocycles. The molecule has 0 heterocycles. The largest absolute Gasteiger partial charge is 0.452 e. The molecule has 2 aromatic carbocycles. The molecule has 148 valence electrons. The summed E-state index contributed by atoms with van der Waals surface area (Å²) in [6, 6.07) is 11.3. The SMILES string of the molecule is CNC(=O)NC(=O)COC(=O)c1cccc(S(=O)(=O)Nc2cccc(C)c2)c1. The van der Waals surface area contributed by atoms with Crippen LogP contribution in [-0.4, -0.2) is 40.0 Å². The van der Waals surface area contributed by atoms with Gasteiger partial charge in [0.05, 0.1) is 10.5 Å². The Bertz CT molecular complexity index is 1000. The second-order valence-corrected chi connectivity index (χ2v) is 7.39. The zero-order valence-electron chi connectivity index (χ0n) is 15.2. The second-order valence-electron chi connectivity index (χ2n) is 5.71. The molecule has 10 heteroatoms. The molecule has 2 aromatic rings. The highest BCUT2D eigenvalue weighted by Gasteiger charge is 2.18. The highest BCUT2D eigenvalue weighted by atomic mass is 32.2. The van der Waals surface area contributed by atoms with Crippen LogP contribution >= 0.6 is 0 Å². The van der Waals surface area contributed by atoms with Gasteiger partial charge in [0.1, 0.15) is 0 Å². The lowest BCUT2D eigenvalue weighted by Crippen LogP contribution is -2.39. The summed E-state index contributed by atoms with van der Waals surface area (Å²) in [4.78, 5) is 34.4. The second kappa shape index (κ2) is 9.00. The molecule has 0 unspecified atom stereocenters. The van der Waals surface area contributed by atoms with Crippen LogP contribution in [0.3, 0.4) is 0 Å². The maximum Gasteiger partial charge on any atom is 0.338 e. The molecular formula is C18H19N3O6S. The molecule has 0 spiro atoms. The standard InChI is InChI=1S/C18H19N3O6S/c1-12-5-3-7-14(9-12)21-28(25,26)15-8-4-6-13(10-15)17(23)27-11-16(22)20-18(24)19-2/h3-10,21H,11H2,1-2H3,(H2,19,20,22,24). The quantitative estimate of drug-likeness (QED) is 0.623. The molecule has 2 rings (SSSR count). The van der Waals surface area contributed by atoms with Crippen molar-refractivity contribution in [2.45, 2.75) is 11.8 Å². The van der Waals surface area contributed by atoms with E-state index in [1.165, 1.54) is 25.2 Å². The molecule has 28 heavy (non-hydrogen) atoms. The maximum atomic E-state index is 12.5. The number of aryl methyl sites for hydroxylation is 1. The summed E-state index contributed by atoms with van der Waals surface area (Å²) in [5, 5.41) is 4.11. The van der Waals surface area contributed by atoms with Crippen LogP contribution in [0.4, 0.5) is 10.5 Å². The van der Waals surface area contributed by atoms with E-state index in [-0.39, 0.29) is 10.5 Å². The van der Waals surface area contributed by atoms with Crippen molar-refractivity contribution in [3.05, 3.63) is 59.7 Å². The van der Waals surface area contributed by atoms with E-state index < -0.39 is 34.5 Å². The van der Waals surface area contributed by atoms with Crippen molar-refractivity contribution in [2.24, 2.45) is 0 Å². The van der Waals surface area contributed by atoms with E-state index in [4.69, 9.17) is 4.74 Å². The summed E-state index contributed by atoms with van der Waals surface area (Å²) in [5.74, 6) is -1.72. The van der Waals surface area contributed by atoms with Gasteiger partial charge in [0.25, 0.3) is 15.9 Å². The Hall–Kier alpha value is -3.40. The minimum Gasteiger partial charge on any atom is -0.452 e. The molecule has 9 nitrogen and oxygen atoms in total. The molecular weight excluding hydrogens is 386 g/mol. The number of nitrogens with one attached hydrogen (secondary N) is 3. The lowest BCUT2D eigenvalue weighted by Gasteiger charge is -2.10. The molecule has 0 atom stereocenters. The number of imide groups is 1. The van der Waals surface area contributed by atoms with E-state index in [0.29, 0.717) is 5.69 Å². The van der Waals surface area contributed by atoms with Crippen LogP contribution in [0.15, 0.2) is 53.4 Å². The van der Waals surface area contributed by atoms with Gasteiger partial charge in [-0.15, -0.1) is 0 Å². The monoisotopic (exact) mass is 405 g/mol. The van der Waals surface area contributed by atoms with Crippen LogP contribution < -0.4 is 15.4 Å². The topological polar surface area (TPSA) is 131 Å². The summed E-state index contributed by atoms with van der Waals surface area (Å²) in [5.41, 5.74) is 1.21. The van der Waals surface area contributed by atoms with Gasteiger partial charge in [0.2, 0.25) is 0 Å². The van der Waals surface area contributed by atoms with Crippen LogP contribution in [0.25, 0.3) is 0 Å². The third kappa shape index (κ3) is 5.81. The van der Waals surface area contributed by atoms with Gasteiger partial charge in [0, 0.05) is 12.7 Å². The summed E-state index contributed by atoms with van der Waals surface area (Å²) in [6.07, 6.45) is 0. The highest BCUT2D eigenvalue weighted by Crippen LogP contribution is 2.18. The average Bonchev–Trinajstić information content (AvgIpc) is 2.65. The molecule has 0 radical (unpaired) electrons. The number of hydrogen-bond acceptors (Lipinski definition) is 6. The first-order chi connectivity index (χ1) is 13.2. The third-order valence-electron chi connectivity index (χ3n) is 3.46. The Morgan fingerprint density at radius 2 is 1.75 bits per heavy atom. The van der Waals surface area contributed by atoms with E-state index in [1.807, 2.05) is 18.3 Å². The van der Waals surface area contributed by atoms with Crippen molar-refractivity contribution in [2.75, 3.05) is 18.4 Å². The van der Waals surface area contributed by atoms with Crippen LogP contribution in [0.2, 0.25) is 0 Å². The van der Waals surface area contributed by atoms with Crippen LogP contribution in [-0.2, 0) is 19.6 Å². The minimum absolute atomic E-state index is 0.0557. The Kier molecular flexibility index (Phi) is 6.72. The smallest absolute Gasteiger partial charge is 0.338 e. The van der Waals surface area contributed by atoms with Gasteiger partial charge in [0.15, 0.2) is 6.61 Å². The number of anilines is 1. The third-order valence-corrected chi connectivity index (χ3v) is 4.84. The van der Waals surface area contributed by atoms with Crippen molar-refractivity contribution in [3.8, 4) is 0 Å². The maximum absolute atomic E-state index is 12.5. The Balaban J connectivity index is 2.09. The van der Waals surface area contributed by atoms with Gasteiger partial charge in [-0.1, -0.05) is 18.2 Å².